The third kappa shape index (κ3) is 5.56. The highest BCUT2D eigenvalue weighted by atomic mass is 32.1. The summed E-state index contributed by atoms with van der Waals surface area (Å²) in [6, 6.07) is 10.4. The molecule has 1 saturated heterocycles. The van der Waals surface area contributed by atoms with Crippen LogP contribution in [-0.2, 0) is 4.79 Å². The molecule has 0 aliphatic carbocycles. The molecule has 0 unspecified atom stereocenters. The lowest BCUT2D eigenvalue weighted by atomic mass is 9.97. The Balaban J connectivity index is 1.53. The number of benzene rings is 1. The Morgan fingerprint density at radius 3 is 2.70 bits per heavy atom. The van der Waals surface area contributed by atoms with Crippen molar-refractivity contribution in [1.29, 1.82) is 0 Å². The Morgan fingerprint density at radius 1 is 1.26 bits per heavy atom. The minimum absolute atomic E-state index is 0.0523. The Hall–Kier alpha value is -1.85. The molecule has 0 saturated carbocycles. The van der Waals surface area contributed by atoms with Crippen LogP contribution in [-0.4, -0.2) is 37.0 Å². The van der Waals surface area contributed by atoms with Crippen molar-refractivity contribution in [2.45, 2.75) is 39.7 Å². The minimum atomic E-state index is -0.0693. The molecule has 2 aromatic rings. The second-order valence-corrected chi connectivity index (χ2v) is 8.57. The first-order chi connectivity index (χ1) is 13.0. The van der Waals surface area contributed by atoms with Gasteiger partial charge in [0.15, 0.2) is 6.61 Å². The molecule has 0 spiro atoms. The maximum Gasteiger partial charge on any atom is 0.258 e. The third-order valence-electron chi connectivity index (χ3n) is 5.47. The van der Waals surface area contributed by atoms with Crippen molar-refractivity contribution >= 4 is 17.2 Å². The maximum absolute atomic E-state index is 12.3. The van der Waals surface area contributed by atoms with Gasteiger partial charge in [-0.2, -0.15) is 0 Å². The maximum atomic E-state index is 12.3. The Labute approximate surface area is 166 Å². The molecule has 146 valence electrons. The van der Waals surface area contributed by atoms with Gasteiger partial charge in [-0.1, -0.05) is 19.1 Å². The molecule has 1 atom stereocenters. The molecule has 1 aliphatic rings. The van der Waals surface area contributed by atoms with Gasteiger partial charge in [0.2, 0.25) is 0 Å². The summed E-state index contributed by atoms with van der Waals surface area (Å²) in [6.07, 6.45) is 2.46. The fourth-order valence-corrected chi connectivity index (χ4v) is 4.31. The lowest BCUT2D eigenvalue weighted by molar-refractivity contribution is -0.123. The van der Waals surface area contributed by atoms with E-state index in [-0.39, 0.29) is 18.6 Å². The highest BCUT2D eigenvalue weighted by molar-refractivity contribution is 7.10. The number of carbonyl (C=O) groups excluding carboxylic acids is 1. The van der Waals surface area contributed by atoms with Crippen molar-refractivity contribution in [1.82, 2.24) is 10.2 Å². The van der Waals surface area contributed by atoms with Crippen molar-refractivity contribution in [3.05, 3.63) is 51.7 Å². The lowest BCUT2D eigenvalue weighted by Crippen LogP contribution is -2.42. The minimum Gasteiger partial charge on any atom is -0.484 e. The first-order valence-electron chi connectivity index (χ1n) is 9.77. The van der Waals surface area contributed by atoms with Crippen LogP contribution in [0, 0.1) is 19.8 Å². The molecule has 1 aromatic carbocycles. The van der Waals surface area contributed by atoms with E-state index in [1.807, 2.05) is 25.1 Å². The zero-order valence-corrected chi connectivity index (χ0v) is 17.3. The van der Waals surface area contributed by atoms with Crippen LogP contribution < -0.4 is 10.1 Å². The molecule has 27 heavy (non-hydrogen) atoms. The predicted octanol–water partition coefficient (Wildman–Crippen LogP) is 4.33. The van der Waals surface area contributed by atoms with E-state index in [9.17, 15) is 4.79 Å². The van der Waals surface area contributed by atoms with E-state index in [0.29, 0.717) is 6.54 Å². The van der Waals surface area contributed by atoms with E-state index >= 15 is 0 Å². The molecule has 3 rings (SSSR count). The monoisotopic (exact) mass is 386 g/mol. The molecule has 0 radical (unpaired) electrons. The van der Waals surface area contributed by atoms with Crippen molar-refractivity contribution in [2.75, 3.05) is 26.2 Å². The zero-order chi connectivity index (χ0) is 19.2. The number of nitrogens with zero attached hydrogens (tertiary/aromatic N) is 1. The first-order valence-corrected chi connectivity index (χ1v) is 10.6. The predicted molar refractivity (Wildman–Crippen MR) is 111 cm³/mol. The summed E-state index contributed by atoms with van der Waals surface area (Å²) in [5, 5.41) is 5.19. The number of amides is 1. The van der Waals surface area contributed by atoms with Gasteiger partial charge in [0, 0.05) is 11.4 Å². The number of piperidine rings is 1. The van der Waals surface area contributed by atoms with Crippen molar-refractivity contribution in [3.8, 4) is 5.75 Å². The SMILES string of the molecule is Cc1ccc(OCC(=O)NC[C@@H](c2cccs2)N2CCC(C)CC2)cc1C. The largest absolute Gasteiger partial charge is 0.484 e. The molecule has 1 fully saturated rings. The summed E-state index contributed by atoms with van der Waals surface area (Å²) in [4.78, 5) is 16.2. The number of likely N-dealkylation sites (tertiary alicyclic amines) is 1. The van der Waals surface area contributed by atoms with Gasteiger partial charge in [-0.3, -0.25) is 9.69 Å². The standard InChI is InChI=1S/C22H30N2O2S/c1-16-8-10-24(11-9-16)20(21-5-4-12-27-21)14-23-22(25)15-26-19-7-6-17(2)18(3)13-19/h4-7,12-13,16,20H,8-11,14-15H2,1-3H3,(H,23,25)/t20-/m0/s1. The van der Waals surface area contributed by atoms with Crippen molar-refractivity contribution in [2.24, 2.45) is 5.92 Å². The summed E-state index contributed by atoms with van der Waals surface area (Å²) >= 11 is 1.77. The summed E-state index contributed by atoms with van der Waals surface area (Å²) < 4.78 is 5.66. The van der Waals surface area contributed by atoms with Crippen LogP contribution in [0.5, 0.6) is 5.75 Å². The Kier molecular flexibility index (Phi) is 6.91. The van der Waals surface area contributed by atoms with Crippen LogP contribution in [0.2, 0.25) is 0 Å². The second-order valence-electron chi connectivity index (χ2n) is 7.59. The van der Waals surface area contributed by atoms with Gasteiger partial charge in [0.05, 0.1) is 6.04 Å². The number of nitrogens with one attached hydrogen (secondary N) is 1. The van der Waals surface area contributed by atoms with Crippen LogP contribution >= 0.6 is 11.3 Å². The number of thiophene rings is 1. The lowest BCUT2D eigenvalue weighted by Gasteiger charge is -2.36. The molecule has 1 amide bonds. The fourth-order valence-electron chi connectivity index (χ4n) is 3.44. The van der Waals surface area contributed by atoms with Gasteiger partial charge in [-0.15, -0.1) is 11.3 Å². The summed E-state index contributed by atoms with van der Waals surface area (Å²) in [5.41, 5.74) is 2.39. The Morgan fingerprint density at radius 2 is 2.04 bits per heavy atom. The highest BCUT2D eigenvalue weighted by Crippen LogP contribution is 2.29. The van der Waals surface area contributed by atoms with Crippen molar-refractivity contribution < 1.29 is 9.53 Å². The van der Waals surface area contributed by atoms with Crippen LogP contribution in [0.4, 0.5) is 0 Å². The van der Waals surface area contributed by atoms with Crippen LogP contribution in [0.25, 0.3) is 0 Å². The molecule has 4 nitrogen and oxygen atoms in total. The molecule has 0 bridgehead atoms. The zero-order valence-electron chi connectivity index (χ0n) is 16.5. The number of aryl methyl sites for hydroxylation is 2. The molecule has 2 heterocycles. The number of rotatable bonds is 7. The second kappa shape index (κ2) is 9.38. The number of carbonyl (C=O) groups is 1. The van der Waals surface area contributed by atoms with Gasteiger partial charge in [-0.05, 0) is 80.4 Å². The number of hydrogen-bond donors (Lipinski definition) is 1. The van der Waals surface area contributed by atoms with Crippen LogP contribution in [0.15, 0.2) is 35.7 Å². The molecule has 1 aromatic heterocycles. The summed E-state index contributed by atoms with van der Waals surface area (Å²) in [6.45, 7) is 9.31. The van der Waals surface area contributed by atoms with Gasteiger partial charge in [-0.25, -0.2) is 0 Å². The molecular formula is C22H30N2O2S. The van der Waals surface area contributed by atoms with Gasteiger partial charge in [0.25, 0.3) is 5.91 Å². The number of hydrogen-bond acceptors (Lipinski definition) is 4. The van der Waals surface area contributed by atoms with E-state index < -0.39 is 0 Å². The average Bonchev–Trinajstić information content (AvgIpc) is 3.19. The number of ether oxygens (including phenoxy) is 1. The summed E-state index contributed by atoms with van der Waals surface area (Å²) in [5.74, 6) is 1.47. The first kappa shape index (κ1) is 19.9. The normalized spacial score (nSPS) is 16.9. The molecule has 5 heteroatoms. The molecular weight excluding hydrogens is 356 g/mol. The van der Waals surface area contributed by atoms with Crippen LogP contribution in [0.1, 0.15) is 41.8 Å². The third-order valence-corrected chi connectivity index (χ3v) is 6.45. The molecule has 1 N–H and O–H groups in total. The highest BCUT2D eigenvalue weighted by Gasteiger charge is 2.25. The van der Waals surface area contributed by atoms with E-state index in [1.54, 1.807) is 11.3 Å². The van der Waals surface area contributed by atoms with E-state index in [2.05, 4.69) is 41.6 Å². The van der Waals surface area contributed by atoms with Gasteiger partial charge in [0.1, 0.15) is 5.75 Å². The van der Waals surface area contributed by atoms with E-state index in [4.69, 9.17) is 4.74 Å². The quantitative estimate of drug-likeness (QED) is 0.770. The van der Waals surface area contributed by atoms with Gasteiger partial charge < -0.3 is 10.1 Å². The van der Waals surface area contributed by atoms with E-state index in [0.717, 1.165) is 24.8 Å². The molecule has 1 aliphatic heterocycles. The smallest absolute Gasteiger partial charge is 0.258 e. The fraction of sp³-hybridized carbons (Fsp3) is 0.500. The Bertz CT molecular complexity index is 737. The average molecular weight is 387 g/mol. The van der Waals surface area contributed by atoms with Gasteiger partial charge >= 0.3 is 0 Å². The van der Waals surface area contributed by atoms with E-state index in [1.165, 1.54) is 28.8 Å². The van der Waals surface area contributed by atoms with Crippen LogP contribution in [0.3, 0.4) is 0 Å². The topological polar surface area (TPSA) is 41.6 Å². The van der Waals surface area contributed by atoms with Crippen molar-refractivity contribution in [3.63, 3.8) is 0 Å². The summed E-state index contributed by atoms with van der Waals surface area (Å²) in [7, 11) is 0.